The maximum atomic E-state index is 5.45. The lowest BCUT2D eigenvalue weighted by Crippen LogP contribution is -2.26. The van der Waals surface area contributed by atoms with Crippen LogP contribution in [0.5, 0.6) is 17.2 Å². The maximum absolute atomic E-state index is 5.45. The predicted octanol–water partition coefficient (Wildman–Crippen LogP) is 3.72. The molecule has 0 saturated heterocycles. The van der Waals surface area contributed by atoms with Crippen molar-refractivity contribution in [2.45, 2.75) is 12.8 Å². The molecule has 0 unspecified atom stereocenters. The van der Waals surface area contributed by atoms with Crippen molar-refractivity contribution in [1.29, 1.82) is 0 Å². The summed E-state index contributed by atoms with van der Waals surface area (Å²) in [6.45, 7) is 0.915. The van der Waals surface area contributed by atoms with Crippen LogP contribution in [0.2, 0.25) is 0 Å². The van der Waals surface area contributed by atoms with Gasteiger partial charge in [-0.15, -0.1) is 0 Å². The molecule has 5 nitrogen and oxygen atoms in total. The molecule has 126 valence electrons. The van der Waals surface area contributed by atoms with E-state index in [9.17, 15) is 0 Å². The summed E-state index contributed by atoms with van der Waals surface area (Å²) in [5.74, 6) is 1.89. The lowest BCUT2D eigenvalue weighted by Gasteiger charge is -2.26. The number of anilines is 1. The van der Waals surface area contributed by atoms with Crippen molar-refractivity contribution in [2.24, 2.45) is 5.10 Å². The van der Waals surface area contributed by atoms with E-state index >= 15 is 0 Å². The minimum atomic E-state index is 0.597. The second-order valence-electron chi connectivity index (χ2n) is 5.52. The normalized spacial score (nSPS) is 14.1. The molecule has 2 aromatic carbocycles. The molecule has 2 aromatic rings. The third-order valence-corrected chi connectivity index (χ3v) is 4.08. The van der Waals surface area contributed by atoms with Crippen LogP contribution in [-0.2, 0) is 0 Å². The lowest BCUT2D eigenvalue weighted by molar-refractivity contribution is 0.324. The summed E-state index contributed by atoms with van der Waals surface area (Å²) in [4.78, 5) is 0. The molecule has 0 atom stereocenters. The Morgan fingerprint density at radius 3 is 2.17 bits per heavy atom. The second-order valence-corrected chi connectivity index (χ2v) is 5.52. The highest BCUT2D eigenvalue weighted by atomic mass is 16.5. The van der Waals surface area contributed by atoms with Gasteiger partial charge in [0.05, 0.1) is 32.7 Å². The zero-order valence-corrected chi connectivity index (χ0v) is 14.3. The fourth-order valence-corrected chi connectivity index (χ4v) is 2.88. The van der Waals surface area contributed by atoms with Crippen LogP contribution in [0.25, 0.3) is 0 Å². The van der Waals surface area contributed by atoms with Gasteiger partial charge in [-0.2, -0.15) is 5.10 Å². The third-order valence-electron chi connectivity index (χ3n) is 4.08. The minimum absolute atomic E-state index is 0.597. The average Bonchev–Trinajstić information content (AvgIpc) is 2.67. The van der Waals surface area contributed by atoms with Crippen LogP contribution in [0.1, 0.15) is 18.4 Å². The van der Waals surface area contributed by atoms with Crippen molar-refractivity contribution in [1.82, 2.24) is 0 Å². The molecule has 1 aliphatic rings. The minimum Gasteiger partial charge on any atom is -0.493 e. The van der Waals surface area contributed by atoms with Gasteiger partial charge in [-0.1, -0.05) is 18.2 Å². The molecule has 0 spiro atoms. The molecule has 1 aliphatic heterocycles. The molecule has 0 radical (unpaired) electrons. The highest BCUT2D eigenvalue weighted by Crippen LogP contribution is 2.39. The molecular formula is C19H22N2O3. The van der Waals surface area contributed by atoms with Crippen LogP contribution < -0.4 is 19.2 Å². The first kappa shape index (κ1) is 16.2. The summed E-state index contributed by atoms with van der Waals surface area (Å²) in [5, 5.41) is 6.87. The van der Waals surface area contributed by atoms with Crippen molar-refractivity contribution in [2.75, 3.05) is 32.9 Å². The Morgan fingerprint density at radius 2 is 1.58 bits per heavy atom. The molecule has 0 fully saturated rings. The van der Waals surface area contributed by atoms with E-state index in [0.29, 0.717) is 17.2 Å². The Balaban J connectivity index is 2.00. The topological polar surface area (TPSA) is 43.3 Å². The summed E-state index contributed by atoms with van der Waals surface area (Å²) >= 11 is 0. The van der Waals surface area contributed by atoms with E-state index in [1.54, 1.807) is 21.3 Å². The quantitative estimate of drug-likeness (QED) is 0.840. The number of ether oxygens (including phenoxy) is 3. The van der Waals surface area contributed by atoms with Gasteiger partial charge in [-0.3, -0.25) is 5.01 Å². The molecule has 0 amide bonds. The molecule has 0 bridgehead atoms. The zero-order chi connectivity index (χ0) is 16.9. The van der Waals surface area contributed by atoms with Crippen LogP contribution >= 0.6 is 0 Å². The zero-order valence-electron chi connectivity index (χ0n) is 14.3. The predicted molar refractivity (Wildman–Crippen MR) is 95.7 cm³/mol. The summed E-state index contributed by atoms with van der Waals surface area (Å²) in [5.41, 5.74) is 3.11. The van der Waals surface area contributed by atoms with Crippen molar-refractivity contribution < 1.29 is 14.2 Å². The Hall–Kier alpha value is -2.69. The van der Waals surface area contributed by atoms with E-state index in [1.165, 1.54) is 0 Å². The number of nitrogens with zero attached hydrogens (tertiary/aromatic N) is 2. The maximum Gasteiger partial charge on any atom is 0.203 e. The van der Waals surface area contributed by atoms with Gasteiger partial charge in [0, 0.05) is 12.1 Å². The van der Waals surface area contributed by atoms with Crippen LogP contribution in [-0.4, -0.2) is 33.6 Å². The van der Waals surface area contributed by atoms with E-state index in [1.807, 2.05) is 35.3 Å². The summed E-state index contributed by atoms with van der Waals surface area (Å²) < 4.78 is 16.3. The summed E-state index contributed by atoms with van der Waals surface area (Å²) in [6, 6.07) is 14.1. The summed E-state index contributed by atoms with van der Waals surface area (Å²) in [6.07, 6.45) is 1.96. The van der Waals surface area contributed by atoms with Gasteiger partial charge in [0.1, 0.15) is 0 Å². The van der Waals surface area contributed by atoms with Crippen molar-refractivity contribution in [3.8, 4) is 17.2 Å². The van der Waals surface area contributed by atoms with E-state index in [0.717, 1.165) is 36.3 Å². The number of rotatable bonds is 5. The Morgan fingerprint density at radius 1 is 0.917 bits per heavy atom. The van der Waals surface area contributed by atoms with Gasteiger partial charge in [-0.25, -0.2) is 0 Å². The van der Waals surface area contributed by atoms with Gasteiger partial charge >= 0.3 is 0 Å². The molecule has 3 rings (SSSR count). The van der Waals surface area contributed by atoms with E-state index in [4.69, 9.17) is 19.3 Å². The molecule has 0 aromatic heterocycles. The Bertz CT molecular complexity index is 704. The van der Waals surface area contributed by atoms with Crippen molar-refractivity contribution >= 4 is 11.4 Å². The first-order valence-electron chi connectivity index (χ1n) is 7.97. The SMILES string of the molecule is COc1cc(C2=NN(c3ccccc3)CCC2)cc(OC)c1OC. The number of hydrazone groups is 1. The van der Waals surface area contributed by atoms with Gasteiger partial charge in [0.25, 0.3) is 0 Å². The molecular weight excluding hydrogens is 304 g/mol. The highest BCUT2D eigenvalue weighted by Gasteiger charge is 2.19. The van der Waals surface area contributed by atoms with Crippen molar-refractivity contribution in [3.05, 3.63) is 48.0 Å². The molecule has 0 saturated carbocycles. The molecule has 5 heteroatoms. The smallest absolute Gasteiger partial charge is 0.203 e. The van der Waals surface area contributed by atoms with Crippen LogP contribution in [0.4, 0.5) is 5.69 Å². The highest BCUT2D eigenvalue weighted by molar-refractivity contribution is 6.02. The van der Waals surface area contributed by atoms with E-state index in [2.05, 4.69) is 12.1 Å². The largest absolute Gasteiger partial charge is 0.493 e. The van der Waals surface area contributed by atoms with E-state index in [-0.39, 0.29) is 0 Å². The van der Waals surface area contributed by atoms with Gasteiger partial charge in [0.2, 0.25) is 5.75 Å². The fraction of sp³-hybridized carbons (Fsp3) is 0.316. The van der Waals surface area contributed by atoms with Crippen LogP contribution in [0.3, 0.4) is 0 Å². The third kappa shape index (κ3) is 3.15. The van der Waals surface area contributed by atoms with Crippen LogP contribution in [0, 0.1) is 0 Å². The number of hydrogen-bond acceptors (Lipinski definition) is 5. The average molecular weight is 326 g/mol. The van der Waals surface area contributed by atoms with Crippen LogP contribution in [0.15, 0.2) is 47.6 Å². The lowest BCUT2D eigenvalue weighted by atomic mass is 10.0. The fourth-order valence-electron chi connectivity index (χ4n) is 2.88. The van der Waals surface area contributed by atoms with Gasteiger partial charge in [0.15, 0.2) is 11.5 Å². The van der Waals surface area contributed by atoms with Gasteiger partial charge < -0.3 is 14.2 Å². The number of benzene rings is 2. The molecule has 24 heavy (non-hydrogen) atoms. The first-order valence-corrected chi connectivity index (χ1v) is 7.97. The molecule has 0 N–H and O–H groups in total. The second kappa shape index (κ2) is 7.25. The Labute approximate surface area is 142 Å². The monoisotopic (exact) mass is 326 g/mol. The van der Waals surface area contributed by atoms with E-state index < -0.39 is 0 Å². The van der Waals surface area contributed by atoms with Gasteiger partial charge in [-0.05, 0) is 37.1 Å². The molecule has 0 aliphatic carbocycles. The summed E-state index contributed by atoms with van der Waals surface area (Å²) in [7, 11) is 4.86. The number of methoxy groups -OCH3 is 3. The molecule has 1 heterocycles. The first-order chi connectivity index (χ1) is 11.8. The standard InChI is InChI=1S/C19H22N2O3/c1-22-17-12-14(13-18(23-2)19(17)24-3)16-10-7-11-21(20-16)15-8-5-4-6-9-15/h4-6,8-9,12-13H,7,10-11H2,1-3H3. The number of hydrogen-bond donors (Lipinski definition) is 0. The number of para-hydroxylation sites is 1. The Kier molecular flexibility index (Phi) is 4.89. The van der Waals surface area contributed by atoms with Crippen molar-refractivity contribution in [3.63, 3.8) is 0 Å².